The van der Waals surface area contributed by atoms with Gasteiger partial charge >= 0.3 is 20.8 Å². The summed E-state index contributed by atoms with van der Waals surface area (Å²) < 4.78 is 188. The second-order valence-corrected chi connectivity index (χ2v) is 22.0. The van der Waals surface area contributed by atoms with Gasteiger partial charge in [-0.05, 0) is 90.3 Å². The van der Waals surface area contributed by atoms with Crippen LogP contribution in [0.3, 0.4) is 0 Å². The molecule has 0 bridgehead atoms. The van der Waals surface area contributed by atoms with Crippen molar-refractivity contribution in [1.29, 1.82) is 0 Å². The number of amides is 1. The summed E-state index contributed by atoms with van der Waals surface area (Å²) in [6, 6.07) is 15.1. The van der Waals surface area contributed by atoms with Crippen LogP contribution in [0.15, 0.2) is 125 Å². The first-order valence-electron chi connectivity index (χ1n) is 17.2. The van der Waals surface area contributed by atoms with Crippen LogP contribution in [0, 0.1) is 0 Å². The van der Waals surface area contributed by atoms with Crippen molar-refractivity contribution in [2.24, 2.45) is 20.5 Å². The van der Waals surface area contributed by atoms with E-state index >= 15 is 0 Å². The number of carbonyl (C=O) groups excluding carboxylic acids is 1. The van der Waals surface area contributed by atoms with Crippen LogP contribution < -0.4 is 11.1 Å². The van der Waals surface area contributed by atoms with E-state index in [0.717, 1.165) is 36.4 Å². The van der Waals surface area contributed by atoms with Crippen LogP contribution in [0.1, 0.15) is 10.4 Å². The molecule has 0 radical (unpaired) electrons. The number of carbonyl (C=O) groups is 1. The number of aromatic hydroxyl groups is 1. The molecule has 26 nitrogen and oxygen atoms in total. The molecular weight excluding hydrogens is 993 g/mol. The number of rotatable bonds is 18. The highest BCUT2D eigenvalue weighted by Crippen LogP contribution is 2.48. The molecule has 32 heteroatoms. The molecule has 65 heavy (non-hydrogen) atoms. The summed E-state index contributed by atoms with van der Waals surface area (Å²) in [7, 11) is -28.5. The van der Waals surface area contributed by atoms with Gasteiger partial charge in [0.05, 0.1) is 57.0 Å². The molecule has 0 fully saturated rings. The molecule has 0 heterocycles. The van der Waals surface area contributed by atoms with Crippen LogP contribution in [-0.2, 0) is 69.1 Å². The van der Waals surface area contributed by atoms with Gasteiger partial charge < -0.3 is 16.2 Å². The summed E-state index contributed by atoms with van der Waals surface area (Å²) >= 11 is 0. The standard InChI is InChI=1S/C33H30N6O20S6/c34-29-28-20(17-26(62(46,47)48)30(29)38-36-23-7-11-25(12-8-23)61(44,45)16-14-59-65(55,56)57)18-27(63(49,50)51)31(32(28)40)39-37-22-3-1-19(2-4-22)33(41)35-21-5-9-24(10-6-21)60(42,43)15-13-58-64(52,53)54/h1-12,17-18,40H,13-16,34H2,(H,35,41)(H,46,47,48)(H,49,50,51)(H,52,53,54)(H,55,56,57)/b38-36+,39-37+. The van der Waals surface area contributed by atoms with E-state index in [0.29, 0.717) is 12.1 Å². The Hall–Kier alpha value is -5.91. The third-order valence-corrected chi connectivity index (χ3v) is 14.4. The van der Waals surface area contributed by atoms with Crippen LogP contribution >= 0.6 is 0 Å². The topological polar surface area (TPSA) is 429 Å². The molecule has 0 aliphatic rings. The molecule has 0 saturated heterocycles. The summed E-state index contributed by atoms with van der Waals surface area (Å²) in [5.74, 6) is -3.44. The van der Waals surface area contributed by atoms with Gasteiger partial charge in [0, 0.05) is 11.3 Å². The number of nitrogen functional groups attached to an aromatic ring is 1. The lowest BCUT2D eigenvalue weighted by Gasteiger charge is -2.14. The number of fused-ring (bicyclic) bond motifs is 1. The van der Waals surface area contributed by atoms with E-state index in [9.17, 15) is 69.5 Å². The zero-order valence-corrected chi connectivity index (χ0v) is 37.0. The minimum atomic E-state index is -5.28. The largest absolute Gasteiger partial charge is 0.505 e. The highest BCUT2D eigenvalue weighted by molar-refractivity contribution is 7.91. The van der Waals surface area contributed by atoms with Crippen molar-refractivity contribution in [1.82, 2.24) is 0 Å². The highest BCUT2D eigenvalue weighted by atomic mass is 32.3. The molecule has 8 N–H and O–H groups in total. The molecule has 0 atom stereocenters. The van der Waals surface area contributed by atoms with E-state index in [1.165, 1.54) is 36.4 Å². The first-order valence-corrected chi connectivity index (χ1v) is 26.1. The number of phenolic OH excluding ortho intramolecular Hbond substituents is 1. The Morgan fingerprint density at radius 2 is 0.969 bits per heavy atom. The monoisotopic (exact) mass is 1020 g/mol. The van der Waals surface area contributed by atoms with Crippen molar-refractivity contribution in [3.05, 3.63) is 90.5 Å². The maximum atomic E-state index is 12.9. The van der Waals surface area contributed by atoms with E-state index in [4.69, 9.17) is 14.8 Å². The summed E-state index contributed by atoms with van der Waals surface area (Å²) in [5.41, 5.74) is 3.69. The van der Waals surface area contributed by atoms with Crippen molar-refractivity contribution in [3.8, 4) is 5.75 Å². The molecular formula is C33H30N6O20S6. The Balaban J connectivity index is 1.42. The van der Waals surface area contributed by atoms with E-state index in [2.05, 4.69) is 34.1 Å². The number of phenols is 1. The van der Waals surface area contributed by atoms with Crippen LogP contribution in [-0.4, -0.2) is 104 Å². The summed E-state index contributed by atoms with van der Waals surface area (Å²) in [5, 5.41) is 28.0. The van der Waals surface area contributed by atoms with E-state index in [-0.39, 0.29) is 32.4 Å². The summed E-state index contributed by atoms with van der Waals surface area (Å²) in [6.45, 7) is -1.76. The fourth-order valence-electron chi connectivity index (χ4n) is 5.40. The van der Waals surface area contributed by atoms with Gasteiger partial charge in [0.1, 0.15) is 21.2 Å². The number of hydrogen-bond donors (Lipinski definition) is 7. The SMILES string of the molecule is Nc1c(/N=N/c2ccc(S(=O)(=O)CCOS(=O)(=O)O)cc2)c(S(=O)(=O)O)cc2cc(S(=O)(=O)O)c(/N=N/c3ccc(C(=O)Nc4ccc(S(=O)(=O)CCOS(=O)(=O)O)cc4)cc3)c(O)c12. The number of nitrogens with zero attached hydrogens (tertiary/aromatic N) is 4. The van der Waals surface area contributed by atoms with Crippen molar-refractivity contribution >= 4 is 112 Å². The summed E-state index contributed by atoms with van der Waals surface area (Å²) in [6.07, 6.45) is 0. The van der Waals surface area contributed by atoms with Crippen LogP contribution in [0.5, 0.6) is 5.75 Å². The van der Waals surface area contributed by atoms with E-state index in [1.54, 1.807) is 0 Å². The van der Waals surface area contributed by atoms with Crippen molar-refractivity contribution < 1.29 is 87.0 Å². The quantitative estimate of drug-likeness (QED) is 0.0372. The maximum Gasteiger partial charge on any atom is 0.397 e. The number of sulfone groups is 2. The van der Waals surface area contributed by atoms with Gasteiger partial charge in [-0.25, -0.2) is 25.2 Å². The van der Waals surface area contributed by atoms with Gasteiger partial charge in [-0.2, -0.15) is 43.9 Å². The number of hydrogen-bond acceptors (Lipinski definition) is 21. The molecule has 5 aromatic rings. The molecule has 1 amide bonds. The lowest BCUT2D eigenvalue weighted by molar-refractivity contribution is 0.102. The third kappa shape index (κ3) is 13.1. The molecule has 0 aliphatic carbocycles. The number of nitrogens with one attached hydrogen (secondary N) is 1. The lowest BCUT2D eigenvalue weighted by Crippen LogP contribution is -2.15. The Labute approximate surface area is 368 Å². The van der Waals surface area contributed by atoms with Gasteiger partial charge in [0.25, 0.3) is 26.1 Å². The Bertz CT molecular complexity index is 3440. The fraction of sp³-hybridized carbons (Fsp3) is 0.121. The van der Waals surface area contributed by atoms with Crippen molar-refractivity contribution in [3.63, 3.8) is 0 Å². The van der Waals surface area contributed by atoms with Gasteiger partial charge in [-0.15, -0.1) is 10.2 Å². The zero-order chi connectivity index (χ0) is 48.3. The molecule has 0 spiro atoms. The highest BCUT2D eigenvalue weighted by Gasteiger charge is 2.28. The Morgan fingerprint density at radius 3 is 1.40 bits per heavy atom. The zero-order valence-electron chi connectivity index (χ0n) is 32.1. The average Bonchev–Trinajstić information content (AvgIpc) is 3.18. The minimum absolute atomic E-state index is 0.0177. The fourth-order valence-corrected chi connectivity index (χ4v) is 9.71. The normalized spacial score (nSPS) is 13.2. The maximum absolute atomic E-state index is 12.9. The third-order valence-electron chi connectivity index (χ3n) is 8.37. The molecule has 0 saturated carbocycles. The van der Waals surface area contributed by atoms with Gasteiger partial charge in [0.2, 0.25) is 0 Å². The van der Waals surface area contributed by atoms with Crippen molar-refractivity contribution in [2.45, 2.75) is 19.6 Å². The average molecular weight is 1020 g/mol. The number of anilines is 2. The second-order valence-electron chi connectivity index (χ2n) is 12.8. The predicted octanol–water partition coefficient (Wildman–Crippen LogP) is 3.89. The van der Waals surface area contributed by atoms with Crippen LogP contribution in [0.2, 0.25) is 0 Å². The first kappa shape index (κ1) is 50.1. The lowest BCUT2D eigenvalue weighted by atomic mass is 10.1. The molecule has 5 aromatic carbocycles. The minimum Gasteiger partial charge on any atom is -0.505 e. The van der Waals surface area contributed by atoms with Crippen molar-refractivity contribution in [2.75, 3.05) is 35.8 Å². The van der Waals surface area contributed by atoms with E-state index in [1.807, 2.05) is 0 Å². The molecule has 348 valence electrons. The van der Waals surface area contributed by atoms with E-state index < -0.39 is 135 Å². The molecule has 5 rings (SSSR count). The Morgan fingerprint density at radius 1 is 0.569 bits per heavy atom. The molecule has 0 aromatic heterocycles. The number of azo groups is 2. The predicted molar refractivity (Wildman–Crippen MR) is 224 cm³/mol. The summed E-state index contributed by atoms with van der Waals surface area (Å²) in [4.78, 5) is 10.1. The molecule has 0 unspecified atom stereocenters. The smallest absolute Gasteiger partial charge is 0.397 e. The number of nitrogens with two attached hydrogens (primary N) is 1. The Kier molecular flexibility index (Phi) is 14.6. The van der Waals surface area contributed by atoms with Gasteiger partial charge in [0.15, 0.2) is 25.4 Å². The van der Waals surface area contributed by atoms with Gasteiger partial charge in [-0.1, -0.05) is 0 Å². The van der Waals surface area contributed by atoms with Crippen LogP contribution in [0.4, 0.5) is 34.1 Å². The first-order chi connectivity index (χ1) is 29.9. The van der Waals surface area contributed by atoms with Crippen LogP contribution in [0.25, 0.3) is 10.8 Å². The van der Waals surface area contributed by atoms with Gasteiger partial charge in [-0.3, -0.25) is 23.0 Å². The molecule has 0 aliphatic heterocycles. The second kappa shape index (κ2) is 18.9. The number of benzene rings is 5.